The molecule has 0 aromatic rings. The largest absolute Gasteiger partial charge is 0.310 e. The standard InChI is InChI=1S/C16H25N/c1-5-13(3)16(17-4)12-14(6-2)15-10-8-7-9-11-15/h6,12,15-17H,1-2,7-11H2,3-4H3/b14-12+. The van der Waals surface area contributed by atoms with Gasteiger partial charge in [-0.15, -0.1) is 5.73 Å². The SMILES string of the molecule is C=C=C(C)C(/C=C(\C=C)C1CCCCC1)NC. The van der Waals surface area contributed by atoms with E-state index < -0.39 is 0 Å². The van der Waals surface area contributed by atoms with Crippen molar-refractivity contribution in [1.29, 1.82) is 0 Å². The molecule has 0 bridgehead atoms. The van der Waals surface area contributed by atoms with E-state index in [1.54, 1.807) is 0 Å². The second-order valence-corrected chi connectivity index (χ2v) is 4.83. The fraction of sp³-hybridized carbons (Fsp3) is 0.562. The van der Waals surface area contributed by atoms with Crippen molar-refractivity contribution in [2.24, 2.45) is 5.92 Å². The third kappa shape index (κ3) is 4.03. The van der Waals surface area contributed by atoms with Crippen LogP contribution in [0.2, 0.25) is 0 Å². The predicted octanol–water partition coefficient (Wildman–Crippen LogP) is 4.00. The van der Waals surface area contributed by atoms with E-state index in [0.29, 0.717) is 5.92 Å². The molecule has 1 N–H and O–H groups in total. The summed E-state index contributed by atoms with van der Waals surface area (Å²) in [6, 6.07) is 0.238. The predicted molar refractivity (Wildman–Crippen MR) is 76.0 cm³/mol. The Hall–Kier alpha value is -1.04. The second-order valence-electron chi connectivity index (χ2n) is 4.83. The van der Waals surface area contributed by atoms with Crippen LogP contribution < -0.4 is 5.32 Å². The van der Waals surface area contributed by atoms with Crippen molar-refractivity contribution in [2.75, 3.05) is 7.05 Å². The Balaban J connectivity index is 2.82. The summed E-state index contributed by atoms with van der Waals surface area (Å²) in [5.41, 5.74) is 5.50. The quantitative estimate of drug-likeness (QED) is 0.557. The first-order valence-electron chi connectivity index (χ1n) is 6.61. The van der Waals surface area contributed by atoms with Crippen molar-refractivity contribution in [3.8, 4) is 0 Å². The third-order valence-corrected chi connectivity index (χ3v) is 3.73. The summed E-state index contributed by atoms with van der Waals surface area (Å²) in [4.78, 5) is 0. The van der Waals surface area contributed by atoms with Gasteiger partial charge in [-0.2, -0.15) is 0 Å². The fourth-order valence-corrected chi connectivity index (χ4v) is 2.53. The molecular weight excluding hydrogens is 206 g/mol. The Morgan fingerprint density at radius 1 is 1.35 bits per heavy atom. The van der Waals surface area contributed by atoms with Crippen molar-refractivity contribution in [1.82, 2.24) is 5.32 Å². The summed E-state index contributed by atoms with van der Waals surface area (Å²) >= 11 is 0. The number of nitrogens with one attached hydrogen (secondary N) is 1. The molecule has 0 heterocycles. The van der Waals surface area contributed by atoms with E-state index in [9.17, 15) is 0 Å². The molecule has 0 aromatic carbocycles. The van der Waals surface area contributed by atoms with Crippen LogP contribution in [0.25, 0.3) is 0 Å². The molecule has 94 valence electrons. The highest BCUT2D eigenvalue weighted by Crippen LogP contribution is 2.30. The molecular formula is C16H25N. The first-order chi connectivity index (χ1) is 8.22. The lowest BCUT2D eigenvalue weighted by molar-refractivity contribution is 0.407. The van der Waals surface area contributed by atoms with Gasteiger partial charge in [0.1, 0.15) is 0 Å². The summed E-state index contributed by atoms with van der Waals surface area (Å²) in [5, 5.41) is 3.29. The molecule has 17 heavy (non-hydrogen) atoms. The molecule has 1 atom stereocenters. The minimum absolute atomic E-state index is 0.238. The van der Waals surface area contributed by atoms with Crippen LogP contribution in [0, 0.1) is 5.92 Å². The lowest BCUT2D eigenvalue weighted by atomic mass is 9.82. The van der Waals surface area contributed by atoms with Crippen molar-refractivity contribution < 1.29 is 0 Å². The second kappa shape index (κ2) is 7.32. The minimum Gasteiger partial charge on any atom is -0.310 e. The summed E-state index contributed by atoms with van der Waals surface area (Å²) in [6.45, 7) is 9.75. The molecule has 1 nitrogen and oxygen atoms in total. The molecule has 1 aliphatic rings. The van der Waals surface area contributed by atoms with Gasteiger partial charge in [0.2, 0.25) is 0 Å². The zero-order valence-electron chi connectivity index (χ0n) is 11.3. The van der Waals surface area contributed by atoms with Gasteiger partial charge in [0.15, 0.2) is 0 Å². The van der Waals surface area contributed by atoms with Crippen LogP contribution in [0.5, 0.6) is 0 Å². The summed E-state index contributed by atoms with van der Waals surface area (Å²) < 4.78 is 0. The zero-order chi connectivity index (χ0) is 12.7. The van der Waals surface area contributed by atoms with E-state index in [1.807, 2.05) is 13.1 Å². The zero-order valence-corrected chi connectivity index (χ0v) is 11.3. The highest BCUT2D eigenvalue weighted by molar-refractivity contribution is 5.27. The average molecular weight is 231 g/mol. The van der Waals surface area contributed by atoms with Crippen LogP contribution in [-0.2, 0) is 0 Å². The Kier molecular flexibility index (Phi) is 6.04. The highest BCUT2D eigenvalue weighted by atomic mass is 14.9. The first-order valence-corrected chi connectivity index (χ1v) is 6.61. The monoisotopic (exact) mass is 231 g/mol. The summed E-state index contributed by atoms with van der Waals surface area (Å²) in [7, 11) is 1.98. The van der Waals surface area contributed by atoms with Crippen molar-refractivity contribution in [3.63, 3.8) is 0 Å². The average Bonchev–Trinajstić information content (AvgIpc) is 2.40. The molecule has 1 rings (SSSR count). The van der Waals surface area contributed by atoms with E-state index >= 15 is 0 Å². The molecule has 1 saturated carbocycles. The summed E-state index contributed by atoms with van der Waals surface area (Å²) in [5.74, 6) is 0.703. The van der Waals surface area contributed by atoms with E-state index in [4.69, 9.17) is 0 Å². The van der Waals surface area contributed by atoms with Gasteiger partial charge in [-0.1, -0.05) is 44.6 Å². The molecule has 1 aliphatic carbocycles. The number of likely N-dealkylation sites (N-methyl/N-ethyl adjacent to an activating group) is 1. The van der Waals surface area contributed by atoms with Crippen molar-refractivity contribution >= 4 is 0 Å². The molecule has 0 spiro atoms. The number of hydrogen-bond donors (Lipinski definition) is 1. The maximum Gasteiger partial charge on any atom is 0.0541 e. The van der Waals surface area contributed by atoms with E-state index in [2.05, 4.69) is 37.2 Å². The van der Waals surface area contributed by atoms with E-state index in [0.717, 1.165) is 5.57 Å². The Bertz CT molecular complexity index is 325. The number of hydrogen-bond acceptors (Lipinski definition) is 1. The Morgan fingerprint density at radius 3 is 2.47 bits per heavy atom. The molecule has 1 fully saturated rings. The molecule has 0 aromatic heterocycles. The van der Waals surface area contributed by atoms with Gasteiger partial charge in [0, 0.05) is 0 Å². The molecule has 1 unspecified atom stereocenters. The third-order valence-electron chi connectivity index (χ3n) is 3.73. The lowest BCUT2D eigenvalue weighted by Gasteiger charge is -2.24. The Morgan fingerprint density at radius 2 is 2.00 bits per heavy atom. The molecule has 0 amide bonds. The fourth-order valence-electron chi connectivity index (χ4n) is 2.53. The summed E-state index contributed by atoms with van der Waals surface area (Å²) in [6.07, 6.45) is 11.0. The smallest absolute Gasteiger partial charge is 0.0541 e. The Labute approximate surface area is 106 Å². The van der Waals surface area contributed by atoms with Gasteiger partial charge in [-0.05, 0) is 43.9 Å². The van der Waals surface area contributed by atoms with Gasteiger partial charge in [0.05, 0.1) is 6.04 Å². The van der Waals surface area contributed by atoms with E-state index in [1.165, 1.54) is 37.7 Å². The van der Waals surface area contributed by atoms with Gasteiger partial charge in [-0.25, -0.2) is 0 Å². The lowest BCUT2D eigenvalue weighted by Crippen LogP contribution is -2.25. The number of rotatable bonds is 5. The van der Waals surface area contributed by atoms with Crippen LogP contribution in [-0.4, -0.2) is 13.1 Å². The topological polar surface area (TPSA) is 12.0 Å². The van der Waals surface area contributed by atoms with Crippen LogP contribution in [0.1, 0.15) is 39.0 Å². The molecule has 0 aliphatic heterocycles. The van der Waals surface area contributed by atoms with E-state index in [-0.39, 0.29) is 6.04 Å². The van der Waals surface area contributed by atoms with Crippen LogP contribution >= 0.6 is 0 Å². The maximum atomic E-state index is 3.97. The highest BCUT2D eigenvalue weighted by Gasteiger charge is 2.17. The first kappa shape index (κ1) is 14.0. The van der Waals surface area contributed by atoms with Crippen molar-refractivity contribution in [2.45, 2.75) is 45.1 Å². The molecule has 1 heteroatoms. The van der Waals surface area contributed by atoms with Gasteiger partial charge in [-0.3, -0.25) is 0 Å². The normalized spacial score (nSPS) is 19.5. The minimum atomic E-state index is 0.238. The van der Waals surface area contributed by atoms with Crippen LogP contribution in [0.3, 0.4) is 0 Å². The number of allylic oxidation sites excluding steroid dienone is 2. The molecule has 0 saturated heterocycles. The van der Waals surface area contributed by atoms with Crippen LogP contribution in [0.4, 0.5) is 0 Å². The van der Waals surface area contributed by atoms with Crippen LogP contribution in [0.15, 0.2) is 42.2 Å². The van der Waals surface area contributed by atoms with Crippen molar-refractivity contribution in [3.05, 3.63) is 42.2 Å². The maximum absolute atomic E-state index is 3.97. The molecule has 0 radical (unpaired) electrons. The van der Waals surface area contributed by atoms with Gasteiger partial charge >= 0.3 is 0 Å². The van der Waals surface area contributed by atoms with Gasteiger partial charge in [0.25, 0.3) is 0 Å². The van der Waals surface area contributed by atoms with Gasteiger partial charge < -0.3 is 5.32 Å².